The first-order valence-corrected chi connectivity index (χ1v) is 6.70. The van der Waals surface area contributed by atoms with Crippen LogP contribution in [0.3, 0.4) is 0 Å². The van der Waals surface area contributed by atoms with Gasteiger partial charge in [-0.3, -0.25) is 0 Å². The summed E-state index contributed by atoms with van der Waals surface area (Å²) in [5.41, 5.74) is 1.15. The Kier molecular flexibility index (Phi) is 4.00. The number of hydrogen-bond donors (Lipinski definition) is 1. The summed E-state index contributed by atoms with van der Waals surface area (Å²) in [4.78, 5) is 0. The van der Waals surface area contributed by atoms with Crippen LogP contribution >= 0.6 is 0 Å². The molecule has 0 aliphatic carbocycles. The molecule has 1 heterocycles. The summed E-state index contributed by atoms with van der Waals surface area (Å²) in [5.74, 6) is -2.73. The second-order valence-corrected chi connectivity index (χ2v) is 5.58. The molecule has 1 aliphatic heterocycles. The van der Waals surface area contributed by atoms with Gasteiger partial charge in [0, 0.05) is 18.0 Å². The third kappa shape index (κ3) is 3.08. The first kappa shape index (κ1) is 13.5. The summed E-state index contributed by atoms with van der Waals surface area (Å²) >= 11 is 0. The highest BCUT2D eigenvalue weighted by Gasteiger charge is 2.32. The van der Waals surface area contributed by atoms with Gasteiger partial charge < -0.3 is 5.32 Å². The minimum absolute atomic E-state index is 0.00624. The van der Waals surface area contributed by atoms with E-state index >= 15 is 0 Å². The van der Waals surface area contributed by atoms with Crippen LogP contribution in [-0.4, -0.2) is 6.54 Å². The zero-order chi connectivity index (χ0) is 13.2. The number of hydrogen-bond acceptors (Lipinski definition) is 1. The smallest absolute Gasteiger partial charge is 0.273 e. The van der Waals surface area contributed by atoms with Gasteiger partial charge in [0.25, 0.3) is 5.92 Å². The van der Waals surface area contributed by atoms with Crippen molar-refractivity contribution >= 4 is 0 Å². The first-order chi connectivity index (χ1) is 8.49. The number of alkyl halides is 2. The average molecular weight is 253 g/mol. The van der Waals surface area contributed by atoms with E-state index in [0.29, 0.717) is 0 Å². The Labute approximate surface area is 108 Å². The number of halogens is 2. The molecule has 18 heavy (non-hydrogen) atoms. The Hall–Kier alpha value is -0.960. The number of nitrogens with one attached hydrogen (secondary N) is 1. The van der Waals surface area contributed by atoms with Gasteiger partial charge >= 0.3 is 0 Å². The minimum atomic E-state index is -2.72. The molecule has 0 radical (unpaired) electrons. The van der Waals surface area contributed by atoms with Crippen molar-refractivity contribution in [1.29, 1.82) is 0 Å². The lowest BCUT2D eigenvalue weighted by atomic mass is 9.95. The van der Waals surface area contributed by atoms with Crippen molar-refractivity contribution in [3.8, 4) is 0 Å². The van der Waals surface area contributed by atoms with E-state index in [1.165, 1.54) is 0 Å². The molecule has 1 aromatic rings. The van der Waals surface area contributed by atoms with Gasteiger partial charge in [0.15, 0.2) is 0 Å². The van der Waals surface area contributed by atoms with E-state index < -0.39 is 5.92 Å². The van der Waals surface area contributed by atoms with E-state index in [-0.39, 0.29) is 23.9 Å². The highest BCUT2D eigenvalue weighted by molar-refractivity contribution is 5.29. The van der Waals surface area contributed by atoms with E-state index in [1.54, 1.807) is 18.2 Å². The van der Waals surface area contributed by atoms with Gasteiger partial charge in [0.2, 0.25) is 0 Å². The van der Waals surface area contributed by atoms with Crippen LogP contribution < -0.4 is 5.32 Å². The maximum atomic E-state index is 14.1. The third-order valence-electron chi connectivity index (χ3n) is 3.44. The van der Waals surface area contributed by atoms with E-state index in [2.05, 4.69) is 5.32 Å². The van der Waals surface area contributed by atoms with Crippen LogP contribution in [0, 0.1) is 5.92 Å². The zero-order valence-electron chi connectivity index (χ0n) is 11.0. The zero-order valence-corrected chi connectivity index (χ0v) is 11.0. The van der Waals surface area contributed by atoms with Crippen molar-refractivity contribution < 1.29 is 8.78 Å². The van der Waals surface area contributed by atoms with Crippen molar-refractivity contribution in [2.24, 2.45) is 5.92 Å². The van der Waals surface area contributed by atoms with Crippen LogP contribution in [0.2, 0.25) is 0 Å². The predicted molar refractivity (Wildman–Crippen MR) is 69.8 cm³/mol. The second-order valence-electron chi connectivity index (χ2n) is 5.58. The topological polar surface area (TPSA) is 12.0 Å². The van der Waals surface area contributed by atoms with Gasteiger partial charge in [0.1, 0.15) is 0 Å². The standard InChI is InChI=1S/C15H21F2N/c1-11(2)10-15(16,17)13-6-3-5-12(9-13)14-7-4-8-18-14/h3,5-6,9,11,14,18H,4,7-8,10H2,1-2H3. The van der Waals surface area contributed by atoms with Gasteiger partial charge in [-0.2, -0.15) is 0 Å². The van der Waals surface area contributed by atoms with Crippen molar-refractivity contribution in [2.75, 3.05) is 6.54 Å². The number of benzene rings is 1. The average Bonchev–Trinajstić information content (AvgIpc) is 2.81. The highest BCUT2D eigenvalue weighted by Crippen LogP contribution is 2.36. The lowest BCUT2D eigenvalue weighted by molar-refractivity contribution is -0.0250. The van der Waals surface area contributed by atoms with E-state index in [0.717, 1.165) is 24.9 Å². The molecule has 0 bridgehead atoms. The van der Waals surface area contributed by atoms with E-state index in [9.17, 15) is 8.78 Å². The van der Waals surface area contributed by atoms with Crippen molar-refractivity contribution in [3.05, 3.63) is 35.4 Å². The van der Waals surface area contributed by atoms with Crippen LogP contribution in [0.25, 0.3) is 0 Å². The molecule has 1 aliphatic rings. The Morgan fingerprint density at radius 2 is 2.17 bits per heavy atom. The largest absolute Gasteiger partial charge is 0.310 e. The normalized spacial score (nSPS) is 20.6. The molecule has 1 nitrogen and oxygen atoms in total. The van der Waals surface area contributed by atoms with Gasteiger partial charge in [-0.1, -0.05) is 32.0 Å². The second kappa shape index (κ2) is 5.35. The van der Waals surface area contributed by atoms with Crippen molar-refractivity contribution in [3.63, 3.8) is 0 Å². The lowest BCUT2D eigenvalue weighted by Gasteiger charge is -2.20. The van der Waals surface area contributed by atoms with Crippen LogP contribution in [0.15, 0.2) is 24.3 Å². The maximum absolute atomic E-state index is 14.1. The molecule has 0 amide bonds. The molecule has 0 aromatic heterocycles. The molecule has 1 atom stereocenters. The molecule has 2 rings (SSSR count). The van der Waals surface area contributed by atoms with Gasteiger partial charge in [-0.15, -0.1) is 0 Å². The summed E-state index contributed by atoms with van der Waals surface area (Å²) in [5, 5.41) is 3.35. The summed E-state index contributed by atoms with van der Waals surface area (Å²) in [6, 6.07) is 7.16. The Morgan fingerprint density at radius 3 is 2.78 bits per heavy atom. The Morgan fingerprint density at radius 1 is 1.39 bits per heavy atom. The van der Waals surface area contributed by atoms with Crippen LogP contribution in [0.1, 0.15) is 50.3 Å². The monoisotopic (exact) mass is 253 g/mol. The number of rotatable bonds is 4. The fourth-order valence-electron chi connectivity index (χ4n) is 2.58. The van der Waals surface area contributed by atoms with Gasteiger partial charge in [-0.05, 0) is 36.9 Å². The lowest BCUT2D eigenvalue weighted by Crippen LogP contribution is -2.18. The molecule has 1 N–H and O–H groups in total. The highest BCUT2D eigenvalue weighted by atomic mass is 19.3. The maximum Gasteiger partial charge on any atom is 0.273 e. The van der Waals surface area contributed by atoms with Crippen LogP contribution in [-0.2, 0) is 5.92 Å². The fraction of sp³-hybridized carbons (Fsp3) is 0.600. The molecule has 0 spiro atoms. The Balaban J connectivity index is 2.20. The summed E-state index contributed by atoms with van der Waals surface area (Å²) in [6.07, 6.45) is 2.07. The molecule has 3 heteroatoms. The van der Waals surface area contributed by atoms with Gasteiger partial charge in [-0.25, -0.2) is 8.78 Å². The quantitative estimate of drug-likeness (QED) is 0.846. The van der Waals surface area contributed by atoms with Gasteiger partial charge in [0.05, 0.1) is 0 Å². The van der Waals surface area contributed by atoms with Crippen LogP contribution in [0.5, 0.6) is 0 Å². The fourth-order valence-corrected chi connectivity index (χ4v) is 2.58. The molecule has 1 saturated heterocycles. The van der Waals surface area contributed by atoms with Crippen molar-refractivity contribution in [1.82, 2.24) is 5.32 Å². The molecular weight excluding hydrogens is 232 g/mol. The molecule has 0 saturated carbocycles. The minimum Gasteiger partial charge on any atom is -0.310 e. The first-order valence-electron chi connectivity index (χ1n) is 6.70. The predicted octanol–water partition coefficient (Wildman–Crippen LogP) is 4.25. The molecule has 100 valence electrons. The SMILES string of the molecule is CC(C)CC(F)(F)c1cccc(C2CCCN2)c1. The summed E-state index contributed by atoms with van der Waals surface area (Å²) < 4.78 is 28.1. The summed E-state index contributed by atoms with van der Waals surface area (Å²) in [6.45, 7) is 4.64. The Bertz CT molecular complexity index is 395. The molecule has 1 fully saturated rings. The van der Waals surface area contributed by atoms with E-state index in [1.807, 2.05) is 19.9 Å². The van der Waals surface area contributed by atoms with Crippen molar-refractivity contribution in [2.45, 2.75) is 45.1 Å². The third-order valence-corrected chi connectivity index (χ3v) is 3.44. The molecular formula is C15H21F2N. The molecule has 1 aromatic carbocycles. The molecule has 1 unspecified atom stereocenters. The van der Waals surface area contributed by atoms with Crippen LogP contribution in [0.4, 0.5) is 8.78 Å². The summed E-state index contributed by atoms with van der Waals surface area (Å²) in [7, 11) is 0. The van der Waals surface area contributed by atoms with E-state index in [4.69, 9.17) is 0 Å².